The Balaban J connectivity index is 2.69. The van der Waals surface area contributed by atoms with Crippen molar-refractivity contribution in [1.82, 2.24) is 4.98 Å². The fraction of sp³-hybridized carbons (Fsp3) is 0.143. The van der Waals surface area contributed by atoms with Gasteiger partial charge in [0.05, 0.1) is 5.02 Å². The van der Waals surface area contributed by atoms with Crippen LogP contribution in [0.3, 0.4) is 0 Å². The lowest BCUT2D eigenvalue weighted by molar-refractivity contribution is -0.129. The molecule has 4 heteroatoms. The molecule has 0 spiro atoms. The SMILES string of the molecule is O=COCc1cnccc1Cl. The monoisotopic (exact) mass is 171 g/mol. The summed E-state index contributed by atoms with van der Waals surface area (Å²) in [6, 6.07) is 1.64. The zero-order valence-electron chi connectivity index (χ0n) is 5.66. The summed E-state index contributed by atoms with van der Waals surface area (Å²) >= 11 is 5.72. The third kappa shape index (κ3) is 2.20. The molecule has 0 amide bonds. The largest absolute Gasteiger partial charge is 0.463 e. The average molecular weight is 172 g/mol. The number of halogens is 1. The summed E-state index contributed by atoms with van der Waals surface area (Å²) in [4.78, 5) is 13.6. The third-order valence-corrected chi connectivity index (χ3v) is 1.52. The summed E-state index contributed by atoms with van der Waals surface area (Å²) in [6.45, 7) is 0.555. The number of pyridine rings is 1. The van der Waals surface area contributed by atoms with Gasteiger partial charge in [-0.25, -0.2) is 0 Å². The van der Waals surface area contributed by atoms with E-state index in [0.717, 1.165) is 0 Å². The molecular weight excluding hydrogens is 166 g/mol. The molecule has 1 aromatic rings. The first kappa shape index (κ1) is 8.01. The van der Waals surface area contributed by atoms with E-state index < -0.39 is 0 Å². The summed E-state index contributed by atoms with van der Waals surface area (Å²) in [5, 5.41) is 0.557. The number of hydrogen-bond donors (Lipinski definition) is 0. The number of ether oxygens (including phenoxy) is 1. The van der Waals surface area contributed by atoms with E-state index >= 15 is 0 Å². The van der Waals surface area contributed by atoms with Gasteiger partial charge >= 0.3 is 0 Å². The minimum Gasteiger partial charge on any atom is -0.463 e. The van der Waals surface area contributed by atoms with Gasteiger partial charge in [0.25, 0.3) is 6.47 Å². The van der Waals surface area contributed by atoms with Crippen molar-refractivity contribution < 1.29 is 9.53 Å². The number of aromatic nitrogens is 1. The van der Waals surface area contributed by atoms with Crippen LogP contribution >= 0.6 is 11.6 Å². The Kier molecular flexibility index (Phi) is 2.86. The number of hydrogen-bond acceptors (Lipinski definition) is 3. The number of carbonyl (C=O) groups excluding carboxylic acids is 1. The molecule has 0 unspecified atom stereocenters. The second kappa shape index (κ2) is 3.93. The molecule has 1 rings (SSSR count). The summed E-state index contributed by atoms with van der Waals surface area (Å²) in [7, 11) is 0. The minimum atomic E-state index is 0.177. The van der Waals surface area contributed by atoms with E-state index in [1.165, 1.54) is 0 Å². The molecule has 0 aliphatic rings. The highest BCUT2D eigenvalue weighted by molar-refractivity contribution is 6.31. The van der Waals surface area contributed by atoms with Crippen molar-refractivity contribution in [2.24, 2.45) is 0 Å². The highest BCUT2D eigenvalue weighted by atomic mass is 35.5. The zero-order chi connectivity index (χ0) is 8.10. The van der Waals surface area contributed by atoms with Gasteiger partial charge in [-0.2, -0.15) is 0 Å². The normalized spacial score (nSPS) is 9.18. The second-order valence-electron chi connectivity index (χ2n) is 1.87. The molecule has 0 N–H and O–H groups in total. The Morgan fingerprint density at radius 1 is 1.73 bits per heavy atom. The predicted molar refractivity (Wildman–Crippen MR) is 40.1 cm³/mol. The first-order valence-electron chi connectivity index (χ1n) is 2.98. The Morgan fingerprint density at radius 2 is 2.55 bits per heavy atom. The van der Waals surface area contributed by atoms with Crippen LogP contribution in [0.2, 0.25) is 5.02 Å². The Labute approximate surface area is 69.0 Å². The van der Waals surface area contributed by atoms with Gasteiger partial charge in [0, 0.05) is 18.0 Å². The van der Waals surface area contributed by atoms with Crippen molar-refractivity contribution in [3.05, 3.63) is 29.0 Å². The van der Waals surface area contributed by atoms with E-state index in [2.05, 4.69) is 9.72 Å². The van der Waals surface area contributed by atoms with E-state index in [9.17, 15) is 4.79 Å². The van der Waals surface area contributed by atoms with Crippen LogP contribution in [0.1, 0.15) is 5.56 Å². The third-order valence-electron chi connectivity index (χ3n) is 1.15. The van der Waals surface area contributed by atoms with Crippen molar-refractivity contribution in [2.75, 3.05) is 0 Å². The molecule has 0 aliphatic heterocycles. The van der Waals surface area contributed by atoms with Crippen molar-refractivity contribution >= 4 is 18.1 Å². The van der Waals surface area contributed by atoms with Crippen LogP contribution in [-0.4, -0.2) is 11.5 Å². The Bertz CT molecular complexity index is 252. The topological polar surface area (TPSA) is 39.2 Å². The number of carbonyl (C=O) groups is 1. The maximum Gasteiger partial charge on any atom is 0.293 e. The standard InChI is InChI=1S/C7H6ClNO2/c8-7-1-2-9-3-6(7)4-11-5-10/h1-3,5H,4H2. The maximum absolute atomic E-state index is 9.80. The fourth-order valence-electron chi connectivity index (χ4n) is 0.640. The first-order valence-corrected chi connectivity index (χ1v) is 3.36. The predicted octanol–water partition coefficient (Wildman–Crippen LogP) is 1.41. The first-order chi connectivity index (χ1) is 5.34. The summed E-state index contributed by atoms with van der Waals surface area (Å²) in [5.41, 5.74) is 0.710. The molecule has 3 nitrogen and oxygen atoms in total. The lowest BCUT2D eigenvalue weighted by Crippen LogP contribution is -1.91. The van der Waals surface area contributed by atoms with Crippen LogP contribution < -0.4 is 0 Å². The number of rotatable bonds is 3. The molecule has 0 aliphatic carbocycles. The van der Waals surface area contributed by atoms with Gasteiger partial charge in [0.1, 0.15) is 6.61 Å². The molecule has 11 heavy (non-hydrogen) atoms. The molecule has 1 heterocycles. The quantitative estimate of drug-likeness (QED) is 0.646. The van der Waals surface area contributed by atoms with Crippen LogP contribution in [0.15, 0.2) is 18.5 Å². The van der Waals surface area contributed by atoms with Gasteiger partial charge in [-0.1, -0.05) is 11.6 Å². The van der Waals surface area contributed by atoms with E-state index in [1.54, 1.807) is 18.5 Å². The zero-order valence-corrected chi connectivity index (χ0v) is 6.41. The van der Waals surface area contributed by atoms with Gasteiger partial charge in [0.15, 0.2) is 0 Å². The molecule has 58 valence electrons. The Hall–Kier alpha value is -1.09. The Morgan fingerprint density at radius 3 is 3.18 bits per heavy atom. The second-order valence-corrected chi connectivity index (χ2v) is 2.28. The maximum atomic E-state index is 9.80. The fourth-order valence-corrected chi connectivity index (χ4v) is 0.800. The molecule has 0 bridgehead atoms. The average Bonchev–Trinajstić information content (AvgIpc) is 2.03. The number of nitrogens with zero attached hydrogens (tertiary/aromatic N) is 1. The molecule has 0 saturated heterocycles. The lowest BCUT2D eigenvalue weighted by Gasteiger charge is -1.99. The highest BCUT2D eigenvalue weighted by Gasteiger charge is 1.97. The van der Waals surface area contributed by atoms with Gasteiger partial charge in [-0.3, -0.25) is 9.78 Å². The molecule has 0 fully saturated rings. The molecule has 0 aromatic carbocycles. The van der Waals surface area contributed by atoms with Crippen molar-refractivity contribution in [3.63, 3.8) is 0 Å². The van der Waals surface area contributed by atoms with E-state index in [4.69, 9.17) is 11.6 Å². The van der Waals surface area contributed by atoms with E-state index in [1.807, 2.05) is 0 Å². The van der Waals surface area contributed by atoms with E-state index in [-0.39, 0.29) is 6.61 Å². The molecule has 0 atom stereocenters. The van der Waals surface area contributed by atoms with Gasteiger partial charge in [-0.15, -0.1) is 0 Å². The van der Waals surface area contributed by atoms with Gasteiger partial charge < -0.3 is 4.74 Å². The van der Waals surface area contributed by atoms with Crippen molar-refractivity contribution in [2.45, 2.75) is 6.61 Å². The van der Waals surface area contributed by atoms with Gasteiger partial charge in [-0.05, 0) is 6.07 Å². The summed E-state index contributed by atoms with van der Waals surface area (Å²) < 4.78 is 4.50. The summed E-state index contributed by atoms with van der Waals surface area (Å²) in [5.74, 6) is 0. The van der Waals surface area contributed by atoms with Crippen molar-refractivity contribution in [1.29, 1.82) is 0 Å². The van der Waals surface area contributed by atoms with Crippen molar-refractivity contribution in [3.8, 4) is 0 Å². The van der Waals surface area contributed by atoms with Crippen LogP contribution in [0.5, 0.6) is 0 Å². The molecular formula is C7H6ClNO2. The highest BCUT2D eigenvalue weighted by Crippen LogP contribution is 2.13. The molecule has 1 aromatic heterocycles. The van der Waals surface area contributed by atoms with Crippen LogP contribution in [0, 0.1) is 0 Å². The summed E-state index contributed by atoms with van der Waals surface area (Å²) in [6.07, 6.45) is 3.14. The van der Waals surface area contributed by atoms with Crippen LogP contribution in [-0.2, 0) is 16.1 Å². The van der Waals surface area contributed by atoms with E-state index in [0.29, 0.717) is 17.1 Å². The van der Waals surface area contributed by atoms with Crippen LogP contribution in [0.25, 0.3) is 0 Å². The molecule has 0 saturated carbocycles. The smallest absolute Gasteiger partial charge is 0.293 e. The minimum absolute atomic E-state index is 0.177. The van der Waals surface area contributed by atoms with Gasteiger partial charge in [0.2, 0.25) is 0 Å². The van der Waals surface area contributed by atoms with Crippen LogP contribution in [0.4, 0.5) is 0 Å². The molecule has 0 radical (unpaired) electrons. The lowest BCUT2D eigenvalue weighted by atomic mass is 10.3.